The van der Waals surface area contributed by atoms with E-state index < -0.39 is 5.85 Å². The minimum atomic E-state index is -1.65. The Morgan fingerprint density at radius 3 is 2.39 bits per heavy atom. The highest BCUT2D eigenvalue weighted by molar-refractivity contribution is 5.55. The van der Waals surface area contributed by atoms with Crippen molar-refractivity contribution in [3.8, 4) is 11.4 Å². The molecule has 0 bridgehead atoms. The van der Waals surface area contributed by atoms with E-state index in [9.17, 15) is 4.39 Å². The van der Waals surface area contributed by atoms with Gasteiger partial charge in [0.05, 0.1) is 36.5 Å². The molecule has 0 aliphatic carbocycles. The standard InChI is InChI=1S/C25H36FN5O2/c1-4-24(3,26)33-22-7-5-21(6-8-22)31-20(2)23(15-27-31)30-18-25(19-30)16-29(17-25)10-9-28-11-13-32-14-12-28/h5-8,15H,4,9-14,16-19H2,1-3H3. The Morgan fingerprint density at radius 1 is 1.06 bits per heavy atom. The number of hydrogen-bond acceptors (Lipinski definition) is 6. The van der Waals surface area contributed by atoms with Crippen molar-refractivity contribution >= 4 is 5.69 Å². The molecule has 1 aromatic carbocycles. The molecule has 1 spiro atoms. The lowest BCUT2D eigenvalue weighted by Crippen LogP contribution is -2.72. The van der Waals surface area contributed by atoms with Crippen LogP contribution in [0.5, 0.6) is 5.75 Å². The van der Waals surface area contributed by atoms with Crippen LogP contribution in [0.4, 0.5) is 10.1 Å². The first kappa shape index (κ1) is 22.6. The number of hydrogen-bond donors (Lipinski definition) is 0. The third-order valence-corrected chi connectivity index (χ3v) is 7.37. The smallest absolute Gasteiger partial charge is 0.245 e. The fraction of sp³-hybridized carbons (Fsp3) is 0.640. The minimum absolute atomic E-state index is 0.305. The molecule has 1 unspecified atom stereocenters. The number of benzene rings is 1. The number of alkyl halides is 1. The summed E-state index contributed by atoms with van der Waals surface area (Å²) in [4.78, 5) is 7.55. The molecule has 0 saturated carbocycles. The summed E-state index contributed by atoms with van der Waals surface area (Å²) in [6.45, 7) is 16.2. The van der Waals surface area contributed by atoms with Crippen LogP contribution in [0.15, 0.2) is 30.5 Å². The van der Waals surface area contributed by atoms with Gasteiger partial charge in [0.1, 0.15) is 5.75 Å². The van der Waals surface area contributed by atoms with E-state index in [0.29, 0.717) is 17.6 Å². The number of anilines is 1. The van der Waals surface area contributed by atoms with Gasteiger partial charge in [-0.25, -0.2) is 4.68 Å². The number of halogens is 1. The van der Waals surface area contributed by atoms with Gasteiger partial charge in [-0.2, -0.15) is 9.49 Å². The molecule has 0 N–H and O–H groups in total. The van der Waals surface area contributed by atoms with Crippen LogP contribution in [-0.2, 0) is 4.74 Å². The van der Waals surface area contributed by atoms with Gasteiger partial charge in [0.2, 0.25) is 5.85 Å². The van der Waals surface area contributed by atoms with Crippen LogP contribution < -0.4 is 9.64 Å². The highest BCUT2D eigenvalue weighted by Gasteiger charge is 2.51. The quantitative estimate of drug-likeness (QED) is 0.607. The van der Waals surface area contributed by atoms with Crippen LogP contribution >= 0.6 is 0 Å². The number of aromatic nitrogens is 2. The average Bonchev–Trinajstić information content (AvgIpc) is 3.13. The summed E-state index contributed by atoms with van der Waals surface area (Å²) >= 11 is 0. The molecule has 5 rings (SSSR count). The molecule has 7 nitrogen and oxygen atoms in total. The zero-order chi connectivity index (χ0) is 23.1. The second-order valence-corrected chi connectivity index (χ2v) is 10.1. The van der Waals surface area contributed by atoms with Gasteiger partial charge >= 0.3 is 0 Å². The van der Waals surface area contributed by atoms with Gasteiger partial charge in [-0.15, -0.1) is 0 Å². The Hall–Kier alpha value is -2.16. The maximum atomic E-state index is 14.1. The molecule has 3 aliphatic rings. The summed E-state index contributed by atoms with van der Waals surface area (Å²) < 4.78 is 26.9. The summed E-state index contributed by atoms with van der Waals surface area (Å²) in [6, 6.07) is 7.48. The Balaban J connectivity index is 1.13. The molecule has 0 amide bonds. The predicted octanol–water partition coefficient (Wildman–Crippen LogP) is 3.11. The van der Waals surface area contributed by atoms with Crippen molar-refractivity contribution in [2.24, 2.45) is 5.41 Å². The first-order valence-corrected chi connectivity index (χ1v) is 12.2. The van der Waals surface area contributed by atoms with Crippen molar-refractivity contribution < 1.29 is 13.9 Å². The molecule has 33 heavy (non-hydrogen) atoms. The number of nitrogens with zero attached hydrogens (tertiary/aromatic N) is 5. The Morgan fingerprint density at radius 2 is 1.73 bits per heavy atom. The second kappa shape index (κ2) is 8.89. The molecule has 4 heterocycles. The summed E-state index contributed by atoms with van der Waals surface area (Å²) in [5, 5.41) is 4.63. The van der Waals surface area contributed by atoms with Gasteiger partial charge in [0, 0.05) is 71.1 Å². The zero-order valence-corrected chi connectivity index (χ0v) is 20.1. The number of ether oxygens (including phenoxy) is 2. The Kier molecular flexibility index (Phi) is 6.09. The molecule has 1 aromatic heterocycles. The lowest BCUT2D eigenvalue weighted by molar-refractivity contribution is -0.0471. The third-order valence-electron chi connectivity index (χ3n) is 7.37. The lowest BCUT2D eigenvalue weighted by Gasteiger charge is -2.61. The van der Waals surface area contributed by atoms with Crippen LogP contribution in [-0.4, -0.2) is 91.0 Å². The van der Waals surface area contributed by atoms with Crippen LogP contribution in [0.2, 0.25) is 0 Å². The molecule has 3 saturated heterocycles. The van der Waals surface area contributed by atoms with Crippen LogP contribution in [0.25, 0.3) is 5.69 Å². The highest BCUT2D eigenvalue weighted by atomic mass is 19.2. The monoisotopic (exact) mass is 457 g/mol. The van der Waals surface area contributed by atoms with Crippen molar-refractivity contribution in [3.63, 3.8) is 0 Å². The molecule has 8 heteroatoms. The van der Waals surface area contributed by atoms with E-state index in [2.05, 4.69) is 26.7 Å². The summed E-state index contributed by atoms with van der Waals surface area (Å²) in [5.41, 5.74) is 3.74. The number of rotatable bonds is 8. The molecular formula is C25H36FN5O2. The maximum Gasteiger partial charge on any atom is 0.245 e. The van der Waals surface area contributed by atoms with Crippen LogP contribution in [0, 0.1) is 12.3 Å². The van der Waals surface area contributed by atoms with E-state index in [1.165, 1.54) is 25.7 Å². The topological polar surface area (TPSA) is 46.0 Å². The second-order valence-electron chi connectivity index (χ2n) is 10.1. The van der Waals surface area contributed by atoms with Gasteiger partial charge < -0.3 is 19.3 Å². The maximum absolute atomic E-state index is 14.1. The predicted molar refractivity (Wildman–Crippen MR) is 127 cm³/mol. The third kappa shape index (κ3) is 4.74. The van der Waals surface area contributed by atoms with Crippen molar-refractivity contribution in [1.29, 1.82) is 0 Å². The van der Waals surface area contributed by atoms with E-state index in [1.54, 1.807) is 6.92 Å². The SMILES string of the molecule is CCC(C)(F)Oc1ccc(-n2ncc(N3CC4(CN(CCN5CCOCC5)C4)C3)c2C)cc1. The molecule has 0 radical (unpaired) electrons. The number of morpholine rings is 1. The summed E-state index contributed by atoms with van der Waals surface area (Å²) in [7, 11) is 0. The largest absolute Gasteiger partial charge is 0.458 e. The number of likely N-dealkylation sites (tertiary alicyclic amines) is 1. The Labute approximate surface area is 196 Å². The van der Waals surface area contributed by atoms with Crippen molar-refractivity contribution in [2.75, 3.05) is 70.5 Å². The van der Waals surface area contributed by atoms with E-state index in [-0.39, 0.29) is 0 Å². The molecule has 3 aliphatic heterocycles. The fourth-order valence-electron chi connectivity index (χ4n) is 5.25. The molecule has 180 valence electrons. The van der Waals surface area contributed by atoms with E-state index in [0.717, 1.165) is 63.9 Å². The lowest BCUT2D eigenvalue weighted by atomic mass is 9.72. The van der Waals surface area contributed by atoms with Crippen molar-refractivity contribution in [2.45, 2.75) is 33.0 Å². The average molecular weight is 458 g/mol. The minimum Gasteiger partial charge on any atom is -0.458 e. The van der Waals surface area contributed by atoms with Crippen LogP contribution in [0.3, 0.4) is 0 Å². The van der Waals surface area contributed by atoms with Gasteiger partial charge in [-0.05, 0) is 31.2 Å². The van der Waals surface area contributed by atoms with Crippen LogP contribution in [0.1, 0.15) is 26.0 Å². The van der Waals surface area contributed by atoms with E-state index >= 15 is 0 Å². The van der Waals surface area contributed by atoms with E-state index in [4.69, 9.17) is 9.47 Å². The zero-order valence-electron chi connectivity index (χ0n) is 20.1. The summed E-state index contributed by atoms with van der Waals surface area (Å²) in [5.74, 6) is -1.12. The van der Waals surface area contributed by atoms with E-state index in [1.807, 2.05) is 35.1 Å². The Bertz CT molecular complexity index is 940. The van der Waals surface area contributed by atoms with Gasteiger partial charge in [0.15, 0.2) is 0 Å². The first-order valence-electron chi connectivity index (χ1n) is 12.2. The van der Waals surface area contributed by atoms with Crippen molar-refractivity contribution in [3.05, 3.63) is 36.2 Å². The normalized spacial score (nSPS) is 22.6. The van der Waals surface area contributed by atoms with Gasteiger partial charge in [0.25, 0.3) is 0 Å². The van der Waals surface area contributed by atoms with Crippen molar-refractivity contribution in [1.82, 2.24) is 19.6 Å². The fourth-order valence-corrected chi connectivity index (χ4v) is 5.25. The summed E-state index contributed by atoms with van der Waals surface area (Å²) in [6.07, 6.45) is 2.27. The molecule has 3 fully saturated rings. The van der Waals surface area contributed by atoms with Gasteiger partial charge in [-0.3, -0.25) is 4.90 Å². The first-order chi connectivity index (χ1) is 15.9. The highest BCUT2D eigenvalue weighted by Crippen LogP contribution is 2.42. The molecule has 2 aromatic rings. The van der Waals surface area contributed by atoms with Gasteiger partial charge in [-0.1, -0.05) is 6.92 Å². The molecular weight excluding hydrogens is 421 g/mol. The molecule has 1 atom stereocenters.